The van der Waals surface area contributed by atoms with Crippen LogP contribution in [-0.2, 0) is 16.0 Å². The summed E-state index contributed by atoms with van der Waals surface area (Å²) in [6.07, 6.45) is -2.65. The molecule has 1 saturated heterocycles. The van der Waals surface area contributed by atoms with E-state index in [1.807, 2.05) is 26.0 Å². The molecule has 23 heavy (non-hydrogen) atoms. The van der Waals surface area contributed by atoms with Gasteiger partial charge in [-0.3, -0.25) is 4.79 Å². The number of benzene rings is 1. The third-order valence-corrected chi connectivity index (χ3v) is 4.38. The Bertz CT molecular complexity index is 788. The Hall–Kier alpha value is -1.80. The van der Waals surface area contributed by atoms with Crippen LogP contribution in [0.25, 0.3) is 11.0 Å². The molecule has 1 aliphatic heterocycles. The number of methoxy groups -OCH3 is 1. The van der Waals surface area contributed by atoms with Gasteiger partial charge in [-0.25, -0.2) is 4.98 Å². The molecule has 1 fully saturated rings. The van der Waals surface area contributed by atoms with Gasteiger partial charge >= 0.3 is 0 Å². The normalized spacial score (nSPS) is 27.7. The maximum atomic E-state index is 12.2. The lowest BCUT2D eigenvalue weighted by Gasteiger charge is -2.18. The highest BCUT2D eigenvalue weighted by molar-refractivity contribution is 5.76. The van der Waals surface area contributed by atoms with Crippen LogP contribution in [0.15, 0.2) is 23.1 Å². The number of nitrogens with zero attached hydrogens (tertiary/aromatic N) is 2. The molecule has 7 heteroatoms. The summed E-state index contributed by atoms with van der Waals surface area (Å²) in [5.41, 5.74) is 3.21. The van der Waals surface area contributed by atoms with Crippen LogP contribution in [0.5, 0.6) is 0 Å². The standard InChI is InChI=1S/C16H20N2O5/c1-8-4-10-11(5-9(8)2)18(13(19)6-17-10)7-12-14(20)15(21)16(22-3)23-12/h4-6,12,14-16,20-21H,7H2,1-3H3/t12-,14-,15-,16-/m1/s1. The van der Waals surface area contributed by atoms with Crippen molar-refractivity contribution in [3.63, 3.8) is 0 Å². The Morgan fingerprint density at radius 1 is 1.26 bits per heavy atom. The summed E-state index contributed by atoms with van der Waals surface area (Å²) >= 11 is 0. The second kappa shape index (κ2) is 6.01. The van der Waals surface area contributed by atoms with Crippen molar-refractivity contribution in [1.82, 2.24) is 9.55 Å². The highest BCUT2D eigenvalue weighted by Crippen LogP contribution is 2.24. The topological polar surface area (TPSA) is 93.8 Å². The number of aromatic nitrogens is 2. The molecule has 0 amide bonds. The van der Waals surface area contributed by atoms with Crippen molar-refractivity contribution in [2.24, 2.45) is 0 Å². The molecule has 0 unspecified atom stereocenters. The molecule has 3 rings (SSSR count). The van der Waals surface area contributed by atoms with Crippen molar-refractivity contribution in [3.05, 3.63) is 39.8 Å². The lowest BCUT2D eigenvalue weighted by Crippen LogP contribution is -2.36. The molecular formula is C16H20N2O5. The fraction of sp³-hybridized carbons (Fsp3) is 0.500. The van der Waals surface area contributed by atoms with E-state index in [1.54, 1.807) is 0 Å². The van der Waals surface area contributed by atoms with Crippen molar-refractivity contribution in [3.8, 4) is 0 Å². The fourth-order valence-corrected chi connectivity index (χ4v) is 2.85. The summed E-state index contributed by atoms with van der Waals surface area (Å²) in [7, 11) is 1.39. The maximum absolute atomic E-state index is 12.2. The Kier molecular flexibility index (Phi) is 4.20. The van der Waals surface area contributed by atoms with Crippen LogP contribution in [0.4, 0.5) is 0 Å². The monoisotopic (exact) mass is 320 g/mol. The highest BCUT2D eigenvalue weighted by Gasteiger charge is 2.43. The van der Waals surface area contributed by atoms with E-state index in [4.69, 9.17) is 9.47 Å². The maximum Gasteiger partial charge on any atom is 0.269 e. The molecule has 124 valence electrons. The molecule has 7 nitrogen and oxygen atoms in total. The van der Waals surface area contributed by atoms with E-state index in [0.717, 1.165) is 11.1 Å². The van der Waals surface area contributed by atoms with Gasteiger partial charge in [-0.2, -0.15) is 0 Å². The average Bonchev–Trinajstić information content (AvgIpc) is 2.80. The van der Waals surface area contributed by atoms with Gasteiger partial charge in [0.25, 0.3) is 5.56 Å². The zero-order valence-corrected chi connectivity index (χ0v) is 13.3. The lowest BCUT2D eigenvalue weighted by atomic mass is 10.1. The average molecular weight is 320 g/mol. The summed E-state index contributed by atoms with van der Waals surface area (Å²) in [5, 5.41) is 20.0. The molecule has 0 spiro atoms. The zero-order chi connectivity index (χ0) is 16.7. The van der Waals surface area contributed by atoms with Crippen LogP contribution in [-0.4, -0.2) is 51.5 Å². The lowest BCUT2D eigenvalue weighted by molar-refractivity contribution is -0.150. The Labute approximate surface area is 133 Å². The molecule has 0 aliphatic carbocycles. The summed E-state index contributed by atoms with van der Waals surface area (Å²) in [4.78, 5) is 16.4. The fourth-order valence-electron chi connectivity index (χ4n) is 2.85. The molecule has 2 heterocycles. The third-order valence-electron chi connectivity index (χ3n) is 4.38. The molecule has 1 aliphatic rings. The number of fused-ring (bicyclic) bond motifs is 1. The van der Waals surface area contributed by atoms with Gasteiger partial charge in [-0.1, -0.05) is 0 Å². The van der Waals surface area contributed by atoms with Gasteiger partial charge in [0.15, 0.2) is 6.29 Å². The van der Waals surface area contributed by atoms with Gasteiger partial charge in [0, 0.05) is 7.11 Å². The minimum atomic E-state index is -1.14. The first kappa shape index (κ1) is 16.1. The van der Waals surface area contributed by atoms with Crippen molar-refractivity contribution < 1.29 is 19.7 Å². The molecule has 1 aromatic heterocycles. The number of hydrogen-bond donors (Lipinski definition) is 2. The minimum Gasteiger partial charge on any atom is -0.387 e. The second-order valence-corrected chi connectivity index (χ2v) is 5.89. The predicted octanol–water partition coefficient (Wildman–Crippen LogP) is 0.106. The number of ether oxygens (including phenoxy) is 2. The first-order chi connectivity index (χ1) is 10.9. The molecule has 2 N–H and O–H groups in total. The predicted molar refractivity (Wildman–Crippen MR) is 83.2 cm³/mol. The van der Waals surface area contributed by atoms with Gasteiger partial charge in [0.2, 0.25) is 0 Å². The van der Waals surface area contributed by atoms with Crippen LogP contribution in [0.1, 0.15) is 11.1 Å². The number of hydrogen-bond acceptors (Lipinski definition) is 6. The molecule has 1 aromatic carbocycles. The number of aliphatic hydroxyl groups excluding tert-OH is 2. The third kappa shape index (κ3) is 2.76. The Balaban J connectivity index is 2.02. The smallest absolute Gasteiger partial charge is 0.269 e. The van der Waals surface area contributed by atoms with E-state index < -0.39 is 24.6 Å². The van der Waals surface area contributed by atoms with E-state index in [0.29, 0.717) is 11.0 Å². The van der Waals surface area contributed by atoms with Gasteiger partial charge in [0.1, 0.15) is 18.3 Å². The number of aryl methyl sites for hydroxylation is 2. The van der Waals surface area contributed by atoms with Crippen molar-refractivity contribution in [1.29, 1.82) is 0 Å². The van der Waals surface area contributed by atoms with E-state index in [9.17, 15) is 15.0 Å². The van der Waals surface area contributed by atoms with Crippen LogP contribution in [0, 0.1) is 13.8 Å². The first-order valence-corrected chi connectivity index (χ1v) is 7.43. The largest absolute Gasteiger partial charge is 0.387 e. The summed E-state index contributed by atoms with van der Waals surface area (Å²) in [5.74, 6) is 0. The molecule has 2 aromatic rings. The van der Waals surface area contributed by atoms with Crippen LogP contribution >= 0.6 is 0 Å². The molecular weight excluding hydrogens is 300 g/mol. The van der Waals surface area contributed by atoms with Crippen LogP contribution < -0.4 is 5.56 Å². The minimum absolute atomic E-state index is 0.110. The zero-order valence-electron chi connectivity index (χ0n) is 13.3. The summed E-state index contributed by atoms with van der Waals surface area (Å²) in [6, 6.07) is 3.81. The van der Waals surface area contributed by atoms with Gasteiger partial charge in [0.05, 0.1) is 23.8 Å². The summed E-state index contributed by atoms with van der Waals surface area (Å²) in [6.45, 7) is 4.05. The van der Waals surface area contributed by atoms with E-state index >= 15 is 0 Å². The Morgan fingerprint density at radius 2 is 1.96 bits per heavy atom. The second-order valence-electron chi connectivity index (χ2n) is 5.89. The van der Waals surface area contributed by atoms with Crippen LogP contribution in [0.2, 0.25) is 0 Å². The van der Waals surface area contributed by atoms with Gasteiger partial charge < -0.3 is 24.3 Å². The van der Waals surface area contributed by atoms with Crippen LogP contribution in [0.3, 0.4) is 0 Å². The first-order valence-electron chi connectivity index (χ1n) is 7.43. The molecule has 0 saturated carbocycles. The SMILES string of the molecule is CO[C@@H]1O[C@H](Cn2c(=O)cnc3cc(C)c(C)cc32)[C@@H](O)[C@H]1O. The number of rotatable bonds is 3. The van der Waals surface area contributed by atoms with E-state index in [1.165, 1.54) is 17.9 Å². The summed E-state index contributed by atoms with van der Waals surface area (Å²) < 4.78 is 12.0. The van der Waals surface area contributed by atoms with E-state index in [2.05, 4.69) is 4.98 Å². The molecule has 4 atom stereocenters. The number of aliphatic hydroxyl groups is 2. The van der Waals surface area contributed by atoms with Gasteiger partial charge in [-0.15, -0.1) is 0 Å². The van der Waals surface area contributed by atoms with Gasteiger partial charge in [-0.05, 0) is 37.1 Å². The van der Waals surface area contributed by atoms with Crippen molar-refractivity contribution in [2.75, 3.05) is 7.11 Å². The molecule has 0 radical (unpaired) electrons. The molecule has 0 bridgehead atoms. The van der Waals surface area contributed by atoms with Crippen molar-refractivity contribution in [2.45, 2.75) is 45.0 Å². The Morgan fingerprint density at radius 3 is 2.61 bits per heavy atom. The quantitative estimate of drug-likeness (QED) is 0.833. The van der Waals surface area contributed by atoms with E-state index in [-0.39, 0.29) is 12.1 Å². The highest BCUT2D eigenvalue weighted by atomic mass is 16.7. The van der Waals surface area contributed by atoms with Crippen molar-refractivity contribution >= 4 is 11.0 Å².